The summed E-state index contributed by atoms with van der Waals surface area (Å²) in [6.07, 6.45) is 5.97. The van der Waals surface area contributed by atoms with E-state index in [2.05, 4.69) is 5.32 Å². The Morgan fingerprint density at radius 1 is 1.19 bits per heavy atom. The Morgan fingerprint density at radius 3 is 2.38 bits per heavy atom. The van der Waals surface area contributed by atoms with Gasteiger partial charge < -0.3 is 0 Å². The topological polar surface area (TPSA) is 89.3 Å². The molecule has 0 aliphatic heterocycles. The number of hydrogen-bond donors (Lipinski definition) is 1. The van der Waals surface area contributed by atoms with Gasteiger partial charge in [-0.1, -0.05) is 25.7 Å². The first-order valence-electron chi connectivity index (χ1n) is 7.15. The highest BCUT2D eigenvalue weighted by atomic mass is 16.6. The second-order valence-electron chi connectivity index (χ2n) is 5.37. The zero-order chi connectivity index (χ0) is 15.2. The van der Waals surface area contributed by atoms with E-state index in [0.29, 0.717) is 12.3 Å². The molecular weight excluding hydrogens is 272 g/mol. The largest absolute Gasteiger partial charge is 0.292 e. The summed E-state index contributed by atoms with van der Waals surface area (Å²) >= 11 is 0. The Morgan fingerprint density at radius 2 is 1.81 bits per heavy atom. The first kappa shape index (κ1) is 15.2. The number of amides is 2. The lowest BCUT2D eigenvalue weighted by molar-refractivity contribution is -0.384. The molecule has 1 fully saturated rings. The maximum absolute atomic E-state index is 11.8. The third-order valence-corrected chi connectivity index (χ3v) is 3.85. The van der Waals surface area contributed by atoms with Gasteiger partial charge >= 0.3 is 0 Å². The van der Waals surface area contributed by atoms with E-state index in [9.17, 15) is 19.7 Å². The van der Waals surface area contributed by atoms with Crippen LogP contribution in [0.15, 0.2) is 24.3 Å². The molecule has 2 amide bonds. The molecule has 21 heavy (non-hydrogen) atoms. The van der Waals surface area contributed by atoms with Crippen molar-refractivity contribution in [1.29, 1.82) is 0 Å². The summed E-state index contributed by atoms with van der Waals surface area (Å²) in [6, 6.07) is 5.19. The van der Waals surface area contributed by atoms with Gasteiger partial charge in [0, 0.05) is 24.1 Å². The van der Waals surface area contributed by atoms with Gasteiger partial charge in [-0.2, -0.15) is 0 Å². The van der Waals surface area contributed by atoms with Gasteiger partial charge in [0.05, 0.1) is 4.92 Å². The number of carbonyl (C=O) groups excluding carboxylic acids is 2. The highest BCUT2D eigenvalue weighted by Gasteiger charge is 2.17. The van der Waals surface area contributed by atoms with Crippen LogP contribution in [-0.4, -0.2) is 16.7 Å². The monoisotopic (exact) mass is 290 g/mol. The van der Waals surface area contributed by atoms with Crippen LogP contribution in [0.25, 0.3) is 0 Å². The number of nitro groups is 1. The number of rotatable bonds is 5. The van der Waals surface area contributed by atoms with Gasteiger partial charge in [0.2, 0.25) is 5.91 Å². The van der Waals surface area contributed by atoms with Crippen LogP contribution in [0.4, 0.5) is 5.69 Å². The second kappa shape index (κ2) is 6.97. The van der Waals surface area contributed by atoms with E-state index in [-0.39, 0.29) is 17.2 Å². The van der Waals surface area contributed by atoms with Gasteiger partial charge in [-0.3, -0.25) is 25.0 Å². The Labute approximate surface area is 122 Å². The van der Waals surface area contributed by atoms with Crippen molar-refractivity contribution in [3.8, 4) is 0 Å². The first-order valence-corrected chi connectivity index (χ1v) is 7.15. The van der Waals surface area contributed by atoms with E-state index in [4.69, 9.17) is 0 Å². The summed E-state index contributed by atoms with van der Waals surface area (Å²) in [4.78, 5) is 33.5. The van der Waals surface area contributed by atoms with E-state index < -0.39 is 10.8 Å². The average Bonchev–Trinajstić information content (AvgIpc) is 2.98. The molecular formula is C15H18N2O4. The van der Waals surface area contributed by atoms with Crippen LogP contribution in [0.3, 0.4) is 0 Å². The fraction of sp³-hybridized carbons (Fsp3) is 0.467. The Kier molecular flexibility index (Phi) is 5.03. The van der Waals surface area contributed by atoms with Crippen molar-refractivity contribution in [2.45, 2.75) is 38.5 Å². The number of hydrogen-bond acceptors (Lipinski definition) is 4. The highest BCUT2D eigenvalue weighted by Crippen LogP contribution is 2.28. The van der Waals surface area contributed by atoms with Crippen LogP contribution in [0.2, 0.25) is 0 Å². The molecule has 0 heterocycles. The SMILES string of the molecule is O=C(CCC1CCCC1)NC(=O)c1ccc([N+](=O)[O-])cc1. The quantitative estimate of drug-likeness (QED) is 0.667. The minimum Gasteiger partial charge on any atom is -0.292 e. The average molecular weight is 290 g/mol. The number of imide groups is 1. The van der Waals surface area contributed by atoms with Gasteiger partial charge in [-0.25, -0.2) is 0 Å². The predicted molar refractivity (Wildman–Crippen MR) is 76.8 cm³/mol. The maximum atomic E-state index is 11.8. The van der Waals surface area contributed by atoms with Crippen LogP contribution in [-0.2, 0) is 4.79 Å². The van der Waals surface area contributed by atoms with Crippen LogP contribution >= 0.6 is 0 Å². The van der Waals surface area contributed by atoms with Crippen molar-refractivity contribution >= 4 is 17.5 Å². The third kappa shape index (κ3) is 4.37. The van der Waals surface area contributed by atoms with Crippen molar-refractivity contribution in [2.24, 2.45) is 5.92 Å². The molecule has 112 valence electrons. The molecule has 1 aromatic rings. The van der Waals surface area contributed by atoms with E-state index in [0.717, 1.165) is 6.42 Å². The van der Waals surface area contributed by atoms with Crippen LogP contribution < -0.4 is 5.32 Å². The van der Waals surface area contributed by atoms with Crippen molar-refractivity contribution < 1.29 is 14.5 Å². The molecule has 0 atom stereocenters. The summed E-state index contributed by atoms with van der Waals surface area (Å²) in [5.41, 5.74) is 0.161. The third-order valence-electron chi connectivity index (χ3n) is 3.85. The molecule has 0 saturated heterocycles. The first-order chi connectivity index (χ1) is 10.1. The second-order valence-corrected chi connectivity index (χ2v) is 5.37. The number of carbonyl (C=O) groups is 2. The van der Waals surface area contributed by atoms with Crippen LogP contribution in [0.1, 0.15) is 48.9 Å². The minimum absolute atomic E-state index is 0.0842. The normalized spacial score (nSPS) is 14.9. The molecule has 1 saturated carbocycles. The Balaban J connectivity index is 1.82. The fourth-order valence-corrected chi connectivity index (χ4v) is 2.63. The van der Waals surface area contributed by atoms with E-state index in [1.54, 1.807) is 0 Å². The Hall–Kier alpha value is -2.24. The standard InChI is InChI=1S/C15H18N2O4/c18-14(10-5-11-3-1-2-4-11)16-15(19)12-6-8-13(9-7-12)17(20)21/h6-9,11H,1-5,10H2,(H,16,18,19). The van der Waals surface area contributed by atoms with E-state index in [1.807, 2.05) is 0 Å². The van der Waals surface area contributed by atoms with Crippen molar-refractivity contribution in [3.63, 3.8) is 0 Å². The summed E-state index contributed by atoms with van der Waals surface area (Å²) in [6.45, 7) is 0. The van der Waals surface area contributed by atoms with Crippen LogP contribution in [0, 0.1) is 16.0 Å². The highest BCUT2D eigenvalue weighted by molar-refractivity contribution is 6.04. The molecule has 1 aliphatic rings. The molecule has 6 nitrogen and oxygen atoms in total. The number of benzene rings is 1. The number of non-ortho nitro benzene ring substituents is 1. The number of nitro benzene ring substituents is 1. The molecule has 1 aliphatic carbocycles. The molecule has 1 aromatic carbocycles. The molecule has 2 rings (SSSR count). The summed E-state index contributed by atoms with van der Waals surface area (Å²) in [7, 11) is 0. The predicted octanol–water partition coefficient (Wildman–Crippen LogP) is 2.82. The lowest BCUT2D eigenvalue weighted by Crippen LogP contribution is -2.30. The number of nitrogens with one attached hydrogen (secondary N) is 1. The Bertz CT molecular complexity index is 533. The molecule has 0 spiro atoms. The number of nitrogens with zero attached hydrogens (tertiary/aromatic N) is 1. The van der Waals surface area contributed by atoms with Crippen molar-refractivity contribution in [2.75, 3.05) is 0 Å². The smallest absolute Gasteiger partial charge is 0.269 e. The van der Waals surface area contributed by atoms with Crippen LogP contribution in [0.5, 0.6) is 0 Å². The lowest BCUT2D eigenvalue weighted by Gasteiger charge is -2.08. The molecule has 6 heteroatoms. The van der Waals surface area contributed by atoms with Gasteiger partial charge in [-0.15, -0.1) is 0 Å². The minimum atomic E-state index is -0.533. The van der Waals surface area contributed by atoms with E-state index >= 15 is 0 Å². The fourth-order valence-electron chi connectivity index (χ4n) is 2.63. The van der Waals surface area contributed by atoms with Crippen molar-refractivity contribution in [3.05, 3.63) is 39.9 Å². The summed E-state index contributed by atoms with van der Waals surface area (Å²) < 4.78 is 0. The van der Waals surface area contributed by atoms with Gasteiger partial charge in [0.25, 0.3) is 11.6 Å². The maximum Gasteiger partial charge on any atom is 0.269 e. The molecule has 1 N–H and O–H groups in total. The van der Waals surface area contributed by atoms with Gasteiger partial charge in [0.1, 0.15) is 0 Å². The zero-order valence-corrected chi connectivity index (χ0v) is 11.7. The molecule has 0 unspecified atom stereocenters. The van der Waals surface area contributed by atoms with E-state index in [1.165, 1.54) is 49.9 Å². The summed E-state index contributed by atoms with van der Waals surface area (Å²) in [5, 5.41) is 12.8. The summed E-state index contributed by atoms with van der Waals surface area (Å²) in [5.74, 6) is -0.197. The molecule has 0 radical (unpaired) electrons. The molecule has 0 aromatic heterocycles. The molecule has 0 bridgehead atoms. The zero-order valence-electron chi connectivity index (χ0n) is 11.7. The van der Waals surface area contributed by atoms with Gasteiger partial charge in [0.15, 0.2) is 0 Å². The van der Waals surface area contributed by atoms with Crippen molar-refractivity contribution in [1.82, 2.24) is 5.32 Å². The lowest BCUT2D eigenvalue weighted by atomic mass is 10.0. The van der Waals surface area contributed by atoms with Gasteiger partial charge in [-0.05, 0) is 24.5 Å².